The van der Waals surface area contributed by atoms with E-state index in [-0.39, 0.29) is 40.2 Å². The third kappa shape index (κ3) is 8.24. The van der Waals surface area contributed by atoms with Crippen molar-refractivity contribution in [3.63, 3.8) is 0 Å². The molecule has 1 saturated heterocycles. The lowest BCUT2D eigenvalue weighted by molar-refractivity contribution is -0.139. The molecule has 2 atom stereocenters. The number of hydrogen-bond acceptors (Lipinski definition) is 4. The first-order valence-corrected chi connectivity index (χ1v) is 16.1. The van der Waals surface area contributed by atoms with Crippen LogP contribution in [-0.4, -0.2) is 46.6 Å². The molecule has 1 aliphatic rings. The molecule has 50 heavy (non-hydrogen) atoms. The minimum absolute atomic E-state index is 0.0850. The van der Waals surface area contributed by atoms with E-state index in [4.69, 9.17) is 6.42 Å². The molecule has 0 aliphatic carbocycles. The predicted octanol–water partition coefficient (Wildman–Crippen LogP) is 7.28. The van der Waals surface area contributed by atoms with Crippen molar-refractivity contribution in [2.24, 2.45) is 5.92 Å². The van der Waals surface area contributed by atoms with Gasteiger partial charge in [-0.25, -0.2) is 13.2 Å². The van der Waals surface area contributed by atoms with Gasteiger partial charge in [0.25, 0.3) is 5.56 Å². The van der Waals surface area contributed by atoms with Crippen LogP contribution in [-0.2, 0) is 15.8 Å². The first-order valence-electron chi connectivity index (χ1n) is 16.1. The van der Waals surface area contributed by atoms with E-state index in [1.165, 1.54) is 13.8 Å². The summed E-state index contributed by atoms with van der Waals surface area (Å²) in [7, 11) is 1.84. The Morgan fingerprint density at radius 1 is 1.04 bits per heavy atom. The number of aryl methyl sites for hydroxylation is 2. The summed E-state index contributed by atoms with van der Waals surface area (Å²) in [4.78, 5) is 41.4. The van der Waals surface area contributed by atoms with Crippen LogP contribution in [0.25, 0.3) is 11.1 Å². The van der Waals surface area contributed by atoms with Crippen LogP contribution in [0.3, 0.4) is 0 Å². The maximum atomic E-state index is 16.5. The fourth-order valence-electron chi connectivity index (χ4n) is 6.75. The van der Waals surface area contributed by atoms with Gasteiger partial charge in [-0.1, -0.05) is 19.8 Å². The molecule has 0 unspecified atom stereocenters. The number of pyridine rings is 1. The van der Waals surface area contributed by atoms with E-state index in [0.717, 1.165) is 29.0 Å². The van der Waals surface area contributed by atoms with E-state index in [9.17, 15) is 37.1 Å². The van der Waals surface area contributed by atoms with E-state index in [0.29, 0.717) is 32.0 Å². The number of rotatable bonds is 10. The molecule has 1 amide bonds. The number of aromatic nitrogens is 1. The highest BCUT2D eigenvalue weighted by Crippen LogP contribution is 2.40. The number of terminal acetylenes is 1. The van der Waals surface area contributed by atoms with Gasteiger partial charge in [-0.15, -0.1) is 6.42 Å². The van der Waals surface area contributed by atoms with Crippen molar-refractivity contribution in [2.45, 2.75) is 77.6 Å². The number of halogens is 6. The van der Waals surface area contributed by atoms with Crippen LogP contribution in [0.2, 0.25) is 0 Å². The summed E-state index contributed by atoms with van der Waals surface area (Å²) in [5.74, 6) is -4.51. The second-order valence-corrected chi connectivity index (χ2v) is 13.3. The van der Waals surface area contributed by atoms with Gasteiger partial charge in [-0.2, -0.15) is 13.2 Å². The van der Waals surface area contributed by atoms with Gasteiger partial charge in [0.1, 0.15) is 23.5 Å². The van der Waals surface area contributed by atoms with Gasteiger partial charge < -0.3 is 19.9 Å². The number of benzene rings is 2. The number of aliphatic carboxylic acids is 1. The number of likely N-dealkylation sites (tertiary alicyclic amines) is 1. The normalized spacial score (nSPS) is 15.5. The Labute approximate surface area is 286 Å². The highest BCUT2D eigenvalue weighted by molar-refractivity contribution is 5.82. The summed E-state index contributed by atoms with van der Waals surface area (Å²) in [6, 6.07) is 0.410. The van der Waals surface area contributed by atoms with Gasteiger partial charge in [-0.3, -0.25) is 14.4 Å². The SMILES string of the molecule is C#Cc1cc(-c2c(C)cc(F)cc2C)c(F)c([C@H](CC(=O)O)NC(=O)[C@H](CC(C)C)n2cc(C3CCN(C)CC3)c(C(F)(F)F)cc2=O)c1F. The minimum atomic E-state index is -4.85. The van der Waals surface area contributed by atoms with Crippen LogP contribution in [0.1, 0.15) is 90.9 Å². The van der Waals surface area contributed by atoms with Crippen molar-refractivity contribution in [2.75, 3.05) is 20.1 Å². The first-order chi connectivity index (χ1) is 23.3. The Morgan fingerprint density at radius 2 is 1.64 bits per heavy atom. The van der Waals surface area contributed by atoms with E-state index in [1.54, 1.807) is 13.8 Å². The summed E-state index contributed by atoms with van der Waals surface area (Å²) in [5, 5.41) is 12.2. The van der Waals surface area contributed by atoms with Crippen LogP contribution < -0.4 is 10.9 Å². The Balaban J connectivity index is 1.88. The Kier molecular flexibility index (Phi) is 11.6. The number of piperidine rings is 1. The summed E-state index contributed by atoms with van der Waals surface area (Å²) in [6.45, 7) is 7.44. The maximum Gasteiger partial charge on any atom is 0.416 e. The fraction of sp³-hybridized carbons (Fsp3) is 0.432. The van der Waals surface area contributed by atoms with Gasteiger partial charge in [-0.05, 0) is 106 Å². The Hall–Kier alpha value is -4.57. The number of carboxylic acid groups (broad SMARTS) is 1. The van der Waals surface area contributed by atoms with Crippen molar-refractivity contribution in [3.8, 4) is 23.5 Å². The van der Waals surface area contributed by atoms with Crippen LogP contribution in [0.15, 0.2) is 35.3 Å². The molecule has 1 fully saturated rings. The molecule has 4 rings (SSSR count). The number of amides is 1. The zero-order valence-electron chi connectivity index (χ0n) is 28.4. The topological polar surface area (TPSA) is 91.6 Å². The third-order valence-corrected chi connectivity index (χ3v) is 9.11. The summed E-state index contributed by atoms with van der Waals surface area (Å²) in [5.41, 5.74) is -3.22. The van der Waals surface area contributed by atoms with Crippen LogP contribution in [0, 0.1) is 49.6 Å². The zero-order valence-corrected chi connectivity index (χ0v) is 28.4. The monoisotopic (exact) mass is 703 g/mol. The fourth-order valence-corrected chi connectivity index (χ4v) is 6.75. The predicted molar refractivity (Wildman–Crippen MR) is 176 cm³/mol. The molecule has 2 N–H and O–H groups in total. The summed E-state index contributed by atoms with van der Waals surface area (Å²) in [6.07, 6.45) is 1.37. The molecule has 13 heteroatoms. The van der Waals surface area contributed by atoms with Gasteiger partial charge in [0, 0.05) is 23.4 Å². The van der Waals surface area contributed by atoms with Gasteiger partial charge in [0.05, 0.1) is 23.6 Å². The number of carboxylic acids is 1. The van der Waals surface area contributed by atoms with Crippen molar-refractivity contribution in [1.29, 1.82) is 0 Å². The molecule has 0 radical (unpaired) electrons. The number of hydrogen-bond donors (Lipinski definition) is 2. The highest BCUT2D eigenvalue weighted by Gasteiger charge is 2.39. The molecule has 3 aromatic rings. The van der Waals surface area contributed by atoms with Crippen molar-refractivity contribution in [1.82, 2.24) is 14.8 Å². The lowest BCUT2D eigenvalue weighted by atomic mass is 9.87. The van der Waals surface area contributed by atoms with E-state index in [2.05, 4.69) is 11.2 Å². The number of alkyl halides is 3. The quantitative estimate of drug-likeness (QED) is 0.171. The zero-order chi connectivity index (χ0) is 37.2. The number of carbonyl (C=O) groups is 2. The van der Waals surface area contributed by atoms with Crippen LogP contribution >= 0.6 is 0 Å². The average Bonchev–Trinajstić information content (AvgIpc) is 3.00. The largest absolute Gasteiger partial charge is 0.481 e. The van der Waals surface area contributed by atoms with Crippen molar-refractivity contribution < 1.29 is 41.0 Å². The Morgan fingerprint density at radius 3 is 2.16 bits per heavy atom. The molecule has 0 spiro atoms. The molecule has 1 aromatic heterocycles. The molecule has 2 aromatic carbocycles. The van der Waals surface area contributed by atoms with E-state index in [1.807, 2.05) is 11.9 Å². The number of carbonyl (C=O) groups excluding carboxylic acids is 1. The van der Waals surface area contributed by atoms with Crippen LogP contribution in [0.4, 0.5) is 26.3 Å². The molecule has 0 saturated carbocycles. The molecular formula is C37H39F6N3O4. The smallest absolute Gasteiger partial charge is 0.416 e. The molecule has 2 heterocycles. The molecule has 7 nitrogen and oxygen atoms in total. The highest BCUT2D eigenvalue weighted by atomic mass is 19.4. The second kappa shape index (κ2) is 15.1. The van der Waals surface area contributed by atoms with Gasteiger partial charge in [0.15, 0.2) is 0 Å². The van der Waals surface area contributed by atoms with E-state index < -0.39 is 82.2 Å². The minimum Gasteiger partial charge on any atom is -0.481 e. The molecule has 0 bridgehead atoms. The van der Waals surface area contributed by atoms with Gasteiger partial charge >= 0.3 is 12.1 Å². The Bertz CT molecular complexity index is 1860. The van der Waals surface area contributed by atoms with E-state index >= 15 is 8.78 Å². The van der Waals surface area contributed by atoms with Gasteiger partial charge in [0.2, 0.25) is 5.91 Å². The second-order valence-electron chi connectivity index (χ2n) is 13.3. The standard InChI is InChI=1S/C37H39F6N3O4/c1-7-22-15-25(32-20(4)13-24(38)14-21(32)5)35(40)33(34(22)39)28(17-31(48)49)44-36(50)29(12-19(2)3)46-18-26(23-8-10-45(6)11-9-23)27(16-30(46)47)37(41,42)43/h1,13-16,18-19,23,28-29H,8-12,17H2,2-6H3,(H,44,50)(H,48,49)/t28-,29-/m0/s1. The van der Waals surface area contributed by atoms with Crippen LogP contribution in [0.5, 0.6) is 0 Å². The first kappa shape index (κ1) is 38.2. The maximum absolute atomic E-state index is 16.5. The summed E-state index contributed by atoms with van der Waals surface area (Å²) < 4.78 is 90.0. The average molecular weight is 704 g/mol. The number of nitrogens with one attached hydrogen (secondary N) is 1. The molecule has 1 aliphatic heterocycles. The van der Waals surface area contributed by atoms with Crippen molar-refractivity contribution >= 4 is 11.9 Å². The lowest BCUT2D eigenvalue weighted by Crippen LogP contribution is -2.41. The molecule has 268 valence electrons. The molecular weight excluding hydrogens is 664 g/mol. The number of nitrogens with zero attached hydrogens (tertiary/aromatic N) is 2. The summed E-state index contributed by atoms with van der Waals surface area (Å²) >= 11 is 0. The van der Waals surface area contributed by atoms with Crippen molar-refractivity contribution in [3.05, 3.63) is 91.6 Å². The lowest BCUT2D eigenvalue weighted by Gasteiger charge is -2.32. The third-order valence-electron chi connectivity index (χ3n) is 9.11.